The van der Waals surface area contributed by atoms with Crippen molar-refractivity contribution in [2.75, 3.05) is 25.6 Å². The van der Waals surface area contributed by atoms with Gasteiger partial charge in [0.25, 0.3) is 5.88 Å². The molecule has 2 aliphatic heterocycles. The number of hydrogen-bond acceptors (Lipinski definition) is 11. The van der Waals surface area contributed by atoms with E-state index in [1.807, 2.05) is 39.8 Å². The van der Waals surface area contributed by atoms with Crippen molar-refractivity contribution in [3.63, 3.8) is 0 Å². The predicted octanol–water partition coefficient (Wildman–Crippen LogP) is 2.73. The Morgan fingerprint density at radius 1 is 1.17 bits per heavy atom. The average molecular weight is 522 g/mol. The second kappa shape index (κ2) is 12.6. The van der Waals surface area contributed by atoms with Gasteiger partial charge in [-0.15, -0.1) is 0 Å². The van der Waals surface area contributed by atoms with Crippen LogP contribution in [-0.4, -0.2) is 79.0 Å². The SMILES string of the molecule is COc1c(Nc2ccc(C)nc2C)ncnc1OC1CC2COCC(C1)N2C(=O)OC(C)C.O=S=O. The molecule has 2 aromatic heterocycles. The average Bonchev–Trinajstić information content (AvgIpc) is 2.80. The highest BCUT2D eigenvalue weighted by molar-refractivity contribution is 7.51. The van der Waals surface area contributed by atoms with Gasteiger partial charge in [0.1, 0.15) is 12.4 Å². The lowest BCUT2D eigenvalue weighted by atomic mass is 9.92. The monoisotopic (exact) mass is 521 g/mol. The second-order valence-electron chi connectivity index (χ2n) is 8.74. The van der Waals surface area contributed by atoms with Crippen LogP contribution in [0.3, 0.4) is 0 Å². The van der Waals surface area contributed by atoms with E-state index >= 15 is 0 Å². The van der Waals surface area contributed by atoms with Crippen molar-refractivity contribution < 1.29 is 32.2 Å². The molecule has 12 nitrogen and oxygen atoms in total. The first-order chi connectivity index (χ1) is 17.3. The van der Waals surface area contributed by atoms with E-state index in [-0.39, 0.29) is 30.4 Å². The summed E-state index contributed by atoms with van der Waals surface area (Å²) < 4.78 is 39.6. The lowest BCUT2D eigenvalue weighted by Crippen LogP contribution is -2.61. The zero-order valence-corrected chi connectivity index (χ0v) is 21.7. The van der Waals surface area contributed by atoms with Gasteiger partial charge in [-0.1, -0.05) is 0 Å². The van der Waals surface area contributed by atoms with Gasteiger partial charge in [-0.3, -0.25) is 9.88 Å². The fourth-order valence-electron chi connectivity index (χ4n) is 4.34. The molecule has 13 heteroatoms. The summed E-state index contributed by atoms with van der Waals surface area (Å²) in [5.74, 6) is 1.27. The number of aromatic nitrogens is 3. The van der Waals surface area contributed by atoms with Crippen molar-refractivity contribution in [3.8, 4) is 11.6 Å². The maximum absolute atomic E-state index is 12.6. The molecule has 2 saturated heterocycles. The number of nitrogens with one attached hydrogen (secondary N) is 1. The van der Waals surface area contributed by atoms with Gasteiger partial charge in [-0.2, -0.15) is 13.4 Å². The zero-order valence-electron chi connectivity index (χ0n) is 20.9. The number of methoxy groups -OCH3 is 1. The molecule has 0 radical (unpaired) electrons. The Morgan fingerprint density at radius 3 is 2.42 bits per heavy atom. The van der Waals surface area contributed by atoms with Gasteiger partial charge in [-0.05, 0) is 39.8 Å². The van der Waals surface area contributed by atoms with Gasteiger partial charge in [0, 0.05) is 18.5 Å². The lowest BCUT2D eigenvalue weighted by Gasteiger charge is -2.47. The van der Waals surface area contributed by atoms with Gasteiger partial charge in [-0.25, -0.2) is 9.78 Å². The maximum Gasteiger partial charge on any atom is 0.410 e. The number of carbonyl (C=O) groups excluding carboxylic acids is 1. The van der Waals surface area contributed by atoms with Gasteiger partial charge < -0.3 is 24.3 Å². The standard InChI is InChI=1S/C23H31N5O5.O2S/c1-13(2)32-23(29)28-16-8-18(9-17(28)11-31-10-16)33-22-20(30-5)21(24-12-25-22)27-19-7-6-14(3)26-15(19)4;1-3-2/h6-7,12-13,16-18H,8-11H2,1-5H3,(H,24,25,27);. The van der Waals surface area contributed by atoms with Gasteiger partial charge in [0.2, 0.25) is 5.75 Å². The molecule has 0 aliphatic carbocycles. The van der Waals surface area contributed by atoms with Crippen LogP contribution in [0.2, 0.25) is 0 Å². The molecule has 1 amide bonds. The van der Waals surface area contributed by atoms with Crippen LogP contribution in [0, 0.1) is 13.8 Å². The topological polar surface area (TPSA) is 142 Å². The largest absolute Gasteiger partial charge is 0.489 e. The third kappa shape index (κ3) is 6.66. The molecule has 0 saturated carbocycles. The molecule has 4 heterocycles. The molecule has 196 valence electrons. The number of piperidine rings is 1. The molecule has 2 bridgehead atoms. The minimum atomic E-state index is -0.750. The maximum atomic E-state index is 12.6. The van der Waals surface area contributed by atoms with E-state index < -0.39 is 11.6 Å². The van der Waals surface area contributed by atoms with Crippen LogP contribution in [0.25, 0.3) is 0 Å². The van der Waals surface area contributed by atoms with Crippen LogP contribution in [-0.2, 0) is 21.0 Å². The van der Waals surface area contributed by atoms with Crippen LogP contribution in [0.4, 0.5) is 16.3 Å². The molecule has 2 aromatic rings. The number of anilines is 2. The number of ether oxygens (including phenoxy) is 4. The van der Waals surface area contributed by atoms with E-state index in [9.17, 15) is 4.79 Å². The van der Waals surface area contributed by atoms with Crippen LogP contribution in [0.5, 0.6) is 11.6 Å². The normalized spacial score (nSPS) is 20.6. The minimum Gasteiger partial charge on any atom is -0.489 e. The van der Waals surface area contributed by atoms with E-state index in [2.05, 4.69) is 20.3 Å². The number of aryl methyl sites for hydroxylation is 2. The lowest BCUT2D eigenvalue weighted by molar-refractivity contribution is -0.0935. The Bertz CT molecular complexity index is 1080. The Morgan fingerprint density at radius 2 is 1.83 bits per heavy atom. The molecular formula is C23H31N5O7S. The Kier molecular flexibility index (Phi) is 9.53. The highest BCUT2D eigenvalue weighted by atomic mass is 32.1. The van der Waals surface area contributed by atoms with Crippen molar-refractivity contribution in [1.29, 1.82) is 0 Å². The van der Waals surface area contributed by atoms with E-state index in [0.717, 1.165) is 17.1 Å². The van der Waals surface area contributed by atoms with Crippen LogP contribution in [0.1, 0.15) is 38.1 Å². The van der Waals surface area contributed by atoms with Crippen molar-refractivity contribution in [1.82, 2.24) is 19.9 Å². The molecule has 36 heavy (non-hydrogen) atoms. The van der Waals surface area contributed by atoms with E-state index in [0.29, 0.717) is 43.5 Å². The van der Waals surface area contributed by atoms with Crippen molar-refractivity contribution in [2.45, 2.75) is 64.8 Å². The summed E-state index contributed by atoms with van der Waals surface area (Å²) in [5, 5.41) is 3.27. The Hall–Kier alpha value is -3.32. The van der Waals surface area contributed by atoms with Gasteiger partial charge in [0.15, 0.2) is 5.82 Å². The summed E-state index contributed by atoms with van der Waals surface area (Å²) in [6.07, 6.45) is 2.05. The fraction of sp³-hybridized carbons (Fsp3) is 0.565. The summed E-state index contributed by atoms with van der Waals surface area (Å²) in [7, 11) is 1.56. The van der Waals surface area contributed by atoms with Crippen LogP contribution in [0.15, 0.2) is 18.5 Å². The summed E-state index contributed by atoms with van der Waals surface area (Å²) in [5.41, 5.74) is 2.62. The highest BCUT2D eigenvalue weighted by Gasteiger charge is 2.44. The molecule has 0 aromatic carbocycles. The first-order valence-corrected chi connectivity index (χ1v) is 12.2. The van der Waals surface area contributed by atoms with E-state index in [1.54, 1.807) is 12.0 Å². The highest BCUT2D eigenvalue weighted by Crippen LogP contribution is 2.37. The molecular weight excluding hydrogens is 490 g/mol. The van der Waals surface area contributed by atoms with E-state index in [1.165, 1.54) is 6.33 Å². The van der Waals surface area contributed by atoms with Crippen molar-refractivity contribution in [3.05, 3.63) is 29.8 Å². The number of fused-ring (bicyclic) bond motifs is 2. The number of carbonyl (C=O) groups is 1. The fourth-order valence-corrected chi connectivity index (χ4v) is 4.34. The first kappa shape index (κ1) is 27.3. The van der Waals surface area contributed by atoms with Crippen molar-refractivity contribution in [2.24, 2.45) is 0 Å². The molecule has 2 aliphatic rings. The Labute approximate surface area is 213 Å². The van der Waals surface area contributed by atoms with Crippen LogP contribution >= 0.6 is 0 Å². The third-order valence-corrected chi connectivity index (χ3v) is 5.76. The number of nitrogens with zero attached hydrogens (tertiary/aromatic N) is 4. The minimum absolute atomic E-state index is 0.111. The molecule has 1 N–H and O–H groups in total. The summed E-state index contributed by atoms with van der Waals surface area (Å²) in [4.78, 5) is 27.6. The molecule has 2 atom stereocenters. The first-order valence-electron chi connectivity index (χ1n) is 11.5. The summed E-state index contributed by atoms with van der Waals surface area (Å²) in [6, 6.07) is 3.66. The predicted molar refractivity (Wildman–Crippen MR) is 130 cm³/mol. The molecule has 4 rings (SSSR count). The number of hydrogen-bond donors (Lipinski definition) is 1. The molecule has 2 unspecified atom stereocenters. The summed E-state index contributed by atoms with van der Waals surface area (Å²) in [6.45, 7) is 8.48. The van der Waals surface area contributed by atoms with Crippen molar-refractivity contribution >= 4 is 29.2 Å². The third-order valence-electron chi connectivity index (χ3n) is 5.76. The van der Waals surface area contributed by atoms with E-state index in [4.69, 9.17) is 27.4 Å². The number of rotatable bonds is 6. The zero-order chi connectivity index (χ0) is 26.2. The second-order valence-corrected chi connectivity index (χ2v) is 8.87. The van der Waals surface area contributed by atoms with Gasteiger partial charge in [0.05, 0.1) is 49.9 Å². The molecule has 2 fully saturated rings. The quantitative estimate of drug-likeness (QED) is 0.599. The number of pyridine rings is 1. The van der Waals surface area contributed by atoms with Crippen LogP contribution < -0.4 is 14.8 Å². The Balaban J connectivity index is 0.00000115. The number of morpholine rings is 1. The smallest absolute Gasteiger partial charge is 0.410 e. The molecule has 0 spiro atoms. The van der Waals surface area contributed by atoms with Gasteiger partial charge >= 0.3 is 17.7 Å². The summed E-state index contributed by atoms with van der Waals surface area (Å²) >= 11 is -0.750. The number of amides is 1.